The molecule has 3 aromatic rings. The Morgan fingerprint density at radius 2 is 2.00 bits per heavy atom. The Hall–Kier alpha value is -2.34. The third-order valence-corrected chi connectivity index (χ3v) is 7.57. The van der Waals surface area contributed by atoms with Crippen LogP contribution in [0, 0.1) is 6.92 Å². The number of fused-ring (bicyclic) bond motifs is 1. The SMILES string of the molecule is COc1ccc(CC(=O)N2CC[C@@H](c3nc(C4CCC4)n4c(C)csc34)C2)cc1. The second-order valence-corrected chi connectivity index (χ2v) is 9.21. The average molecular weight is 410 g/mol. The molecule has 2 aromatic heterocycles. The molecule has 6 heteroatoms. The Labute approximate surface area is 175 Å². The third-order valence-electron chi connectivity index (χ3n) is 6.49. The number of benzene rings is 1. The van der Waals surface area contributed by atoms with Gasteiger partial charge in [-0.25, -0.2) is 4.98 Å². The monoisotopic (exact) mass is 409 g/mol. The molecule has 0 bridgehead atoms. The van der Waals surface area contributed by atoms with Gasteiger partial charge in [0.15, 0.2) is 0 Å². The first-order valence-electron chi connectivity index (χ1n) is 10.5. The van der Waals surface area contributed by atoms with Gasteiger partial charge < -0.3 is 9.64 Å². The molecule has 0 N–H and O–H groups in total. The number of nitrogens with zero attached hydrogens (tertiary/aromatic N) is 3. The smallest absolute Gasteiger partial charge is 0.227 e. The summed E-state index contributed by atoms with van der Waals surface area (Å²) in [7, 11) is 1.66. The van der Waals surface area contributed by atoms with Crippen LogP contribution in [-0.2, 0) is 11.2 Å². The van der Waals surface area contributed by atoms with Crippen LogP contribution in [-0.4, -0.2) is 40.4 Å². The second-order valence-electron chi connectivity index (χ2n) is 8.35. The van der Waals surface area contributed by atoms with Crippen LogP contribution >= 0.6 is 11.3 Å². The molecule has 1 aliphatic heterocycles. The van der Waals surface area contributed by atoms with Crippen molar-refractivity contribution < 1.29 is 9.53 Å². The van der Waals surface area contributed by atoms with Crippen molar-refractivity contribution in [3.63, 3.8) is 0 Å². The van der Waals surface area contributed by atoms with Crippen molar-refractivity contribution >= 4 is 22.1 Å². The highest BCUT2D eigenvalue weighted by molar-refractivity contribution is 7.15. The molecule has 5 rings (SSSR count). The fourth-order valence-corrected chi connectivity index (χ4v) is 5.60. The lowest BCUT2D eigenvalue weighted by molar-refractivity contribution is -0.129. The molecular weight excluding hydrogens is 382 g/mol. The first kappa shape index (κ1) is 18.7. The van der Waals surface area contributed by atoms with E-state index in [-0.39, 0.29) is 5.91 Å². The van der Waals surface area contributed by atoms with Crippen molar-refractivity contribution in [3.05, 3.63) is 52.4 Å². The van der Waals surface area contributed by atoms with Gasteiger partial charge in [-0.3, -0.25) is 9.20 Å². The number of thiazole rings is 1. The molecule has 1 saturated carbocycles. The second kappa shape index (κ2) is 7.48. The molecule has 152 valence electrons. The van der Waals surface area contributed by atoms with Gasteiger partial charge in [0.1, 0.15) is 16.4 Å². The fourth-order valence-electron chi connectivity index (χ4n) is 4.53. The maximum Gasteiger partial charge on any atom is 0.227 e. The van der Waals surface area contributed by atoms with Crippen LogP contribution < -0.4 is 4.74 Å². The number of aromatic nitrogens is 2. The Morgan fingerprint density at radius 1 is 1.21 bits per heavy atom. The van der Waals surface area contributed by atoms with Crippen LogP contribution in [0.5, 0.6) is 5.75 Å². The lowest BCUT2D eigenvalue weighted by atomic mass is 9.85. The zero-order valence-electron chi connectivity index (χ0n) is 17.1. The Bertz CT molecular complexity index is 1030. The van der Waals surface area contributed by atoms with Gasteiger partial charge in [-0.05, 0) is 43.9 Å². The van der Waals surface area contributed by atoms with E-state index in [1.54, 1.807) is 18.4 Å². The standard InChI is InChI=1S/C23H27N3O2S/c1-15-14-29-23-21(24-22(26(15)23)17-4-3-5-17)18-10-11-25(13-18)20(27)12-16-6-8-19(28-2)9-7-16/h6-9,14,17-18H,3-5,10-13H2,1-2H3/t18-/m1/s1. The lowest BCUT2D eigenvalue weighted by Crippen LogP contribution is -2.29. The topological polar surface area (TPSA) is 46.8 Å². The van der Waals surface area contributed by atoms with E-state index in [0.717, 1.165) is 30.8 Å². The van der Waals surface area contributed by atoms with Crippen LogP contribution in [0.2, 0.25) is 0 Å². The number of rotatable bonds is 5. The van der Waals surface area contributed by atoms with E-state index in [1.807, 2.05) is 29.2 Å². The summed E-state index contributed by atoms with van der Waals surface area (Å²) in [4.78, 5) is 21.3. The van der Waals surface area contributed by atoms with Gasteiger partial charge in [-0.1, -0.05) is 18.6 Å². The summed E-state index contributed by atoms with van der Waals surface area (Å²) in [5.41, 5.74) is 3.53. The van der Waals surface area contributed by atoms with Crippen LogP contribution in [0.1, 0.15) is 60.3 Å². The first-order valence-corrected chi connectivity index (χ1v) is 11.4. The van der Waals surface area contributed by atoms with Gasteiger partial charge in [-0.2, -0.15) is 0 Å². The van der Waals surface area contributed by atoms with Gasteiger partial charge in [0.2, 0.25) is 5.91 Å². The number of aryl methyl sites for hydroxylation is 1. The van der Waals surface area contributed by atoms with Crippen molar-refractivity contribution in [1.82, 2.24) is 14.3 Å². The predicted octanol–water partition coefficient (Wildman–Crippen LogP) is 4.54. The molecule has 0 unspecified atom stereocenters. The molecule has 1 saturated heterocycles. The highest BCUT2D eigenvalue weighted by Gasteiger charge is 2.33. The number of amides is 1. The quantitative estimate of drug-likeness (QED) is 0.622. The van der Waals surface area contributed by atoms with E-state index < -0.39 is 0 Å². The number of imidazole rings is 1. The van der Waals surface area contributed by atoms with E-state index in [4.69, 9.17) is 9.72 Å². The van der Waals surface area contributed by atoms with E-state index in [1.165, 1.54) is 41.3 Å². The van der Waals surface area contributed by atoms with Crippen LogP contribution in [0.15, 0.2) is 29.6 Å². The van der Waals surface area contributed by atoms with Crippen molar-refractivity contribution in [3.8, 4) is 5.75 Å². The molecule has 1 amide bonds. The zero-order chi connectivity index (χ0) is 20.0. The number of hydrogen-bond acceptors (Lipinski definition) is 4. The zero-order valence-corrected chi connectivity index (χ0v) is 17.9. The normalized spacial score (nSPS) is 19.7. The highest BCUT2D eigenvalue weighted by atomic mass is 32.1. The summed E-state index contributed by atoms with van der Waals surface area (Å²) in [6.07, 6.45) is 5.27. The van der Waals surface area contributed by atoms with Crippen LogP contribution in [0.3, 0.4) is 0 Å². The molecule has 2 fully saturated rings. The van der Waals surface area contributed by atoms with Gasteiger partial charge in [0.05, 0.1) is 19.2 Å². The maximum absolute atomic E-state index is 12.9. The molecule has 5 nitrogen and oxygen atoms in total. The summed E-state index contributed by atoms with van der Waals surface area (Å²) in [6, 6.07) is 7.78. The number of hydrogen-bond donors (Lipinski definition) is 0. The minimum Gasteiger partial charge on any atom is -0.497 e. The largest absolute Gasteiger partial charge is 0.497 e. The summed E-state index contributed by atoms with van der Waals surface area (Å²) in [5, 5.41) is 2.24. The summed E-state index contributed by atoms with van der Waals surface area (Å²) >= 11 is 1.80. The molecule has 29 heavy (non-hydrogen) atoms. The van der Waals surface area contributed by atoms with Gasteiger partial charge >= 0.3 is 0 Å². The summed E-state index contributed by atoms with van der Waals surface area (Å²) in [6.45, 7) is 3.78. The minimum absolute atomic E-state index is 0.203. The predicted molar refractivity (Wildman–Crippen MR) is 115 cm³/mol. The van der Waals surface area contributed by atoms with Gasteiger partial charge in [0, 0.05) is 36.0 Å². The Morgan fingerprint density at radius 3 is 2.69 bits per heavy atom. The van der Waals surface area contributed by atoms with E-state index >= 15 is 0 Å². The van der Waals surface area contributed by atoms with Crippen molar-refractivity contribution in [2.24, 2.45) is 0 Å². The summed E-state index contributed by atoms with van der Waals surface area (Å²) < 4.78 is 7.58. The molecule has 1 aliphatic carbocycles. The Kier molecular flexibility index (Phi) is 4.82. The molecule has 1 aromatic carbocycles. The number of carbonyl (C=O) groups is 1. The van der Waals surface area contributed by atoms with E-state index in [9.17, 15) is 4.79 Å². The van der Waals surface area contributed by atoms with Crippen LogP contribution in [0.25, 0.3) is 4.83 Å². The van der Waals surface area contributed by atoms with Gasteiger partial charge in [0.25, 0.3) is 0 Å². The minimum atomic E-state index is 0.203. The number of ether oxygens (including phenoxy) is 1. The summed E-state index contributed by atoms with van der Waals surface area (Å²) in [5.74, 6) is 3.23. The maximum atomic E-state index is 12.9. The average Bonchev–Trinajstić information content (AvgIpc) is 3.39. The highest BCUT2D eigenvalue weighted by Crippen LogP contribution is 2.41. The van der Waals surface area contributed by atoms with Crippen molar-refractivity contribution in [1.29, 1.82) is 0 Å². The number of methoxy groups -OCH3 is 1. The third kappa shape index (κ3) is 3.33. The van der Waals surface area contributed by atoms with Crippen LogP contribution in [0.4, 0.5) is 0 Å². The van der Waals surface area contributed by atoms with Crippen molar-refractivity contribution in [2.75, 3.05) is 20.2 Å². The fraction of sp³-hybridized carbons (Fsp3) is 0.478. The lowest BCUT2D eigenvalue weighted by Gasteiger charge is -2.24. The van der Waals surface area contributed by atoms with E-state index in [0.29, 0.717) is 18.3 Å². The molecule has 3 heterocycles. The number of carbonyl (C=O) groups excluding carboxylic acids is 1. The number of likely N-dealkylation sites (tertiary alicyclic amines) is 1. The molecular formula is C23H27N3O2S. The molecule has 0 radical (unpaired) electrons. The van der Waals surface area contributed by atoms with Crippen molar-refractivity contribution in [2.45, 2.75) is 50.9 Å². The first-order chi connectivity index (χ1) is 14.1. The van der Waals surface area contributed by atoms with E-state index in [2.05, 4.69) is 16.7 Å². The molecule has 2 aliphatic rings. The molecule has 0 spiro atoms. The van der Waals surface area contributed by atoms with Gasteiger partial charge in [-0.15, -0.1) is 11.3 Å². The Balaban J connectivity index is 1.32. The molecule has 1 atom stereocenters.